The van der Waals surface area contributed by atoms with Crippen LogP contribution in [0.1, 0.15) is 73.7 Å². The van der Waals surface area contributed by atoms with Crippen molar-refractivity contribution in [1.82, 2.24) is 9.13 Å². The second-order valence-corrected chi connectivity index (χ2v) is 12.8. The average Bonchev–Trinajstić information content (AvgIpc) is 3.63. The van der Waals surface area contributed by atoms with Crippen molar-refractivity contribution >= 4 is 53.6 Å². The van der Waals surface area contributed by atoms with E-state index in [1.807, 2.05) is 6.08 Å². The predicted molar refractivity (Wildman–Crippen MR) is 166 cm³/mol. The molecule has 0 amide bonds. The summed E-state index contributed by atoms with van der Waals surface area (Å²) in [6.07, 6.45) is 8.86. The number of aliphatic carboxylic acids is 3. The van der Waals surface area contributed by atoms with Crippen molar-refractivity contribution in [1.29, 1.82) is 0 Å². The Balaban J connectivity index is 1.67. The van der Waals surface area contributed by atoms with E-state index in [4.69, 9.17) is 0 Å². The van der Waals surface area contributed by atoms with Gasteiger partial charge in [-0.1, -0.05) is 35.7 Å². The van der Waals surface area contributed by atoms with Gasteiger partial charge in [0.2, 0.25) is 17.1 Å². The zero-order valence-electron chi connectivity index (χ0n) is 25.9. The van der Waals surface area contributed by atoms with Crippen molar-refractivity contribution in [3.8, 4) is 0 Å². The van der Waals surface area contributed by atoms with E-state index >= 15 is 0 Å². The Morgan fingerprint density at radius 3 is 2.33 bits per heavy atom. The maximum absolute atomic E-state index is 13.2. The van der Waals surface area contributed by atoms with Gasteiger partial charge in [-0.2, -0.15) is 9.13 Å². The summed E-state index contributed by atoms with van der Waals surface area (Å²) < 4.78 is 8.88. The second-order valence-electron chi connectivity index (χ2n) is 12.8. The monoisotopic (exact) mass is 606 g/mol. The molecule has 228 valence electrons. The van der Waals surface area contributed by atoms with Crippen molar-refractivity contribution in [3.05, 3.63) is 79.0 Å². The number of rotatable bonds is 8. The largest absolute Gasteiger partial charge is 0.553 e. The summed E-state index contributed by atoms with van der Waals surface area (Å²) >= 11 is 0. The molecule has 0 radical (unpaired) electrons. The lowest BCUT2D eigenvalue weighted by Crippen LogP contribution is -2.70. The topological polar surface area (TPSA) is 128 Å². The van der Waals surface area contributed by atoms with Crippen molar-refractivity contribution in [2.45, 2.75) is 66.2 Å². The minimum atomic E-state index is -1.17. The van der Waals surface area contributed by atoms with Crippen LogP contribution in [0.25, 0.3) is 24.3 Å². The van der Waals surface area contributed by atoms with Crippen LogP contribution in [0, 0.1) is 25.7 Å². The van der Waals surface area contributed by atoms with E-state index in [0.29, 0.717) is 22.6 Å². The highest BCUT2D eigenvalue weighted by Gasteiger charge is 2.76. The molecule has 45 heavy (non-hydrogen) atoms. The van der Waals surface area contributed by atoms with Crippen LogP contribution in [0.3, 0.4) is 0 Å². The fourth-order valence-corrected chi connectivity index (χ4v) is 9.21. The lowest BCUT2D eigenvalue weighted by Gasteiger charge is -2.39. The Morgan fingerprint density at radius 2 is 1.71 bits per heavy atom. The first kappa shape index (κ1) is 27.6. The fourth-order valence-electron chi connectivity index (χ4n) is 9.21. The van der Waals surface area contributed by atoms with Gasteiger partial charge in [0.05, 0.1) is 40.3 Å². The van der Waals surface area contributed by atoms with Crippen molar-refractivity contribution in [3.63, 3.8) is 0 Å². The van der Waals surface area contributed by atoms with E-state index in [-0.39, 0.29) is 30.3 Å². The van der Waals surface area contributed by atoms with E-state index in [2.05, 4.69) is 70.8 Å². The van der Waals surface area contributed by atoms with Crippen molar-refractivity contribution in [2.24, 2.45) is 11.8 Å². The smallest absolute Gasteiger partial charge is 0.481 e. The molecule has 0 aromatic carbocycles. The number of hydrogen-bond donors (Lipinski definition) is 3. The lowest BCUT2D eigenvalue weighted by molar-refractivity contribution is -0.839. The van der Waals surface area contributed by atoms with Crippen LogP contribution >= 0.6 is 0 Å². The molecule has 3 N–H and O–H groups in total. The average molecular weight is 607 g/mol. The lowest BCUT2D eigenvalue weighted by atomic mass is 9.82. The van der Waals surface area contributed by atoms with Gasteiger partial charge in [-0.25, -0.2) is 4.79 Å². The summed E-state index contributed by atoms with van der Waals surface area (Å²) in [7, 11) is 0. The summed E-state index contributed by atoms with van der Waals surface area (Å²) in [6, 6.07) is 0. The highest BCUT2D eigenvalue weighted by Crippen LogP contribution is 2.54. The third kappa shape index (κ3) is 2.89. The van der Waals surface area contributed by atoms with Crippen LogP contribution in [0.2, 0.25) is 0 Å². The van der Waals surface area contributed by atoms with Gasteiger partial charge in [-0.05, 0) is 56.4 Å². The Bertz CT molecular complexity index is 2230. The number of carboxylic acid groups (broad SMARTS) is 3. The van der Waals surface area contributed by atoms with Gasteiger partial charge in [0.25, 0.3) is 0 Å². The molecule has 0 unspecified atom stereocenters. The molecule has 0 aliphatic carbocycles. The SMILES string of the molecule is C=Cc1c(C)c2n3c1C=c1c(C)c(CC)c4n1[C@@]31[N+]3=C(C=4)C(C)=C(C(=O)O)C3=C(CC(=O)O)C3=[N+]1C(=C2)[C@@H](C)[C@@H]3CCC(=O)O. The molecule has 3 atom stereocenters. The summed E-state index contributed by atoms with van der Waals surface area (Å²) in [5.74, 6) is -4.80. The number of allylic oxidation sites excluding steroid dienone is 2. The van der Waals surface area contributed by atoms with Crippen LogP contribution in [0.5, 0.6) is 0 Å². The van der Waals surface area contributed by atoms with Crippen LogP contribution in [0.15, 0.2) is 34.7 Å². The summed E-state index contributed by atoms with van der Waals surface area (Å²) in [5.41, 5.74) is 10.1. The Morgan fingerprint density at radius 1 is 0.978 bits per heavy atom. The highest BCUT2D eigenvalue weighted by molar-refractivity contribution is 6.24. The molecule has 10 heteroatoms. The molecule has 2 aromatic heterocycles. The fraction of sp³-hybridized carbons (Fsp3) is 0.343. The van der Waals surface area contributed by atoms with E-state index in [9.17, 15) is 29.7 Å². The summed E-state index contributed by atoms with van der Waals surface area (Å²) in [4.78, 5) is 37.7. The van der Waals surface area contributed by atoms with Crippen LogP contribution < -0.4 is 10.7 Å². The first-order valence-corrected chi connectivity index (χ1v) is 15.4. The van der Waals surface area contributed by atoms with Gasteiger partial charge in [0.1, 0.15) is 11.1 Å². The minimum Gasteiger partial charge on any atom is -0.481 e. The van der Waals surface area contributed by atoms with Crippen LogP contribution in [-0.4, -0.2) is 62.9 Å². The van der Waals surface area contributed by atoms with Gasteiger partial charge >= 0.3 is 23.8 Å². The Hall–Kier alpha value is -4.99. The zero-order valence-corrected chi connectivity index (χ0v) is 25.9. The highest BCUT2D eigenvalue weighted by atomic mass is 16.4. The minimum absolute atomic E-state index is 0.0826. The molecule has 6 aliphatic rings. The maximum atomic E-state index is 13.2. The summed E-state index contributed by atoms with van der Waals surface area (Å²) in [5, 5.41) is 32.8. The van der Waals surface area contributed by atoms with Crippen LogP contribution in [0.4, 0.5) is 0 Å². The molecule has 1 spiro atoms. The first-order chi connectivity index (χ1) is 21.4. The van der Waals surface area contributed by atoms with E-state index in [1.165, 1.54) is 0 Å². The van der Waals surface area contributed by atoms with Gasteiger partial charge < -0.3 is 15.3 Å². The van der Waals surface area contributed by atoms with Gasteiger partial charge in [-0.15, -0.1) is 0 Å². The molecule has 0 saturated carbocycles. The molecule has 10 nitrogen and oxygen atoms in total. The Labute approximate surface area is 258 Å². The van der Waals surface area contributed by atoms with E-state index in [0.717, 1.165) is 62.2 Å². The third-order valence-electron chi connectivity index (χ3n) is 11.0. The van der Waals surface area contributed by atoms with E-state index in [1.54, 1.807) is 6.92 Å². The van der Waals surface area contributed by atoms with Gasteiger partial charge in [-0.3, -0.25) is 9.59 Å². The quantitative estimate of drug-likeness (QED) is 0.397. The normalized spacial score (nSPS) is 24.4. The summed E-state index contributed by atoms with van der Waals surface area (Å²) in [6.45, 7) is 14.4. The maximum Gasteiger partial charge on any atom is 0.553 e. The third-order valence-corrected chi connectivity index (χ3v) is 11.0. The molecular formula is C35H34N4O6+2. The predicted octanol–water partition coefficient (Wildman–Crippen LogP) is 2.71. The Kier molecular flexibility index (Phi) is 5.26. The van der Waals surface area contributed by atoms with E-state index < -0.39 is 30.2 Å². The number of carboxylic acids is 3. The molecule has 8 rings (SSSR count). The van der Waals surface area contributed by atoms with Crippen molar-refractivity contribution in [2.75, 3.05) is 0 Å². The number of carbonyl (C=O) groups is 3. The molecule has 6 aliphatic heterocycles. The van der Waals surface area contributed by atoms with Crippen molar-refractivity contribution < 1.29 is 38.9 Å². The molecule has 0 saturated heterocycles. The van der Waals surface area contributed by atoms with Gasteiger partial charge in [0, 0.05) is 29.7 Å². The molecule has 8 heterocycles. The standard InChI is InChI=1S/C35H32N4O6/c1-7-19-15(3)23-12-25-17(5)21(9-10-29(40)41)32-22(11-30(42)43)33-31(34(44)45)18(6)26-14-28-20(8-2)16(4)24-13-27(19)36(23)35(37(24)28,38(25)32)39(26)33/h7,12-14,17,21H,1,8-11H2,2-6H3,(H-2,40,41,42,43,44,45)/p+2/t17-,21-,35-/m0/s1. The number of aromatic nitrogens is 2. The number of hydrogen-bond acceptors (Lipinski definition) is 3. The molecular weight excluding hydrogens is 572 g/mol. The second kappa shape index (κ2) is 8.59. The van der Waals surface area contributed by atoms with Crippen LogP contribution in [-0.2, 0) is 26.7 Å². The number of nitrogens with zero attached hydrogens (tertiary/aromatic N) is 4. The molecule has 0 bridgehead atoms. The molecule has 2 aromatic rings. The first-order valence-electron chi connectivity index (χ1n) is 15.4. The molecule has 0 fully saturated rings. The van der Waals surface area contributed by atoms with Gasteiger partial charge in [0.15, 0.2) is 5.70 Å². The zero-order chi connectivity index (χ0) is 32.0.